The largest absolute Gasteiger partial charge is 0.480 e. The molecule has 10 heteroatoms. The Kier molecular flexibility index (Phi) is 10.5. The van der Waals surface area contributed by atoms with Gasteiger partial charge in [-0.1, -0.05) is 38.2 Å². The Morgan fingerprint density at radius 2 is 1.77 bits per heavy atom. The minimum absolute atomic E-state index is 0.210. The fourth-order valence-electron chi connectivity index (χ4n) is 4.65. The van der Waals surface area contributed by atoms with E-state index in [4.69, 9.17) is 15.2 Å². The number of carbonyl (C=O) groups excluding carboxylic acids is 2. The molecule has 0 aromatic heterocycles. The van der Waals surface area contributed by atoms with Gasteiger partial charge in [0.15, 0.2) is 11.5 Å². The van der Waals surface area contributed by atoms with E-state index in [1.807, 2.05) is 18.2 Å². The molecular weight excluding hydrogens is 452 g/mol. The third-order valence-electron chi connectivity index (χ3n) is 6.62. The van der Waals surface area contributed by atoms with Crippen molar-refractivity contribution in [2.24, 2.45) is 11.7 Å². The number of urea groups is 1. The highest BCUT2D eigenvalue weighted by molar-refractivity contribution is 5.88. The van der Waals surface area contributed by atoms with Crippen LogP contribution in [0.25, 0.3) is 0 Å². The number of fused-ring (bicyclic) bond motifs is 1. The van der Waals surface area contributed by atoms with Gasteiger partial charge in [-0.3, -0.25) is 4.79 Å². The van der Waals surface area contributed by atoms with Gasteiger partial charge in [0, 0.05) is 6.54 Å². The highest BCUT2D eigenvalue weighted by Crippen LogP contribution is 2.32. The molecule has 0 bridgehead atoms. The summed E-state index contributed by atoms with van der Waals surface area (Å²) in [5.74, 6) is 0.397. The number of amides is 3. The predicted molar refractivity (Wildman–Crippen MR) is 130 cm³/mol. The van der Waals surface area contributed by atoms with E-state index >= 15 is 0 Å². The first-order chi connectivity index (χ1) is 17.0. The van der Waals surface area contributed by atoms with Crippen molar-refractivity contribution in [1.82, 2.24) is 16.0 Å². The second-order valence-corrected chi connectivity index (χ2v) is 9.31. The maximum Gasteiger partial charge on any atom is 0.326 e. The zero-order chi connectivity index (χ0) is 25.0. The molecule has 35 heavy (non-hydrogen) atoms. The van der Waals surface area contributed by atoms with Gasteiger partial charge in [-0.25, -0.2) is 9.59 Å². The molecule has 3 amide bonds. The van der Waals surface area contributed by atoms with Crippen molar-refractivity contribution in [3.05, 3.63) is 23.8 Å². The van der Waals surface area contributed by atoms with Gasteiger partial charge in [0.1, 0.15) is 12.1 Å². The normalized spacial score (nSPS) is 16.8. The number of aliphatic carboxylic acids is 1. The number of hydrogen-bond donors (Lipinski definition) is 5. The first-order valence-corrected chi connectivity index (χ1v) is 12.6. The van der Waals surface area contributed by atoms with Crippen LogP contribution < -0.4 is 31.2 Å². The lowest BCUT2D eigenvalue weighted by Crippen LogP contribution is -2.54. The summed E-state index contributed by atoms with van der Waals surface area (Å²) < 4.78 is 10.7. The number of ether oxygens (including phenoxy) is 2. The van der Waals surface area contributed by atoms with Gasteiger partial charge in [0.05, 0.1) is 0 Å². The summed E-state index contributed by atoms with van der Waals surface area (Å²) in [4.78, 5) is 37.2. The SMILES string of the molecule is NCCCC[C@H](NC(=O)N[C@H](CC1CCCCC1)C(=O)NCCc1ccc2c(c1)OCO2)C(=O)O. The van der Waals surface area contributed by atoms with Crippen molar-refractivity contribution >= 4 is 17.9 Å². The molecule has 0 saturated heterocycles. The maximum atomic E-state index is 13.0. The number of carboxylic acids is 1. The molecule has 1 fully saturated rings. The van der Waals surface area contributed by atoms with Crippen LogP contribution in [0.4, 0.5) is 4.79 Å². The molecule has 1 aliphatic carbocycles. The van der Waals surface area contributed by atoms with Crippen molar-refractivity contribution < 1.29 is 29.0 Å². The lowest BCUT2D eigenvalue weighted by atomic mass is 9.84. The second-order valence-electron chi connectivity index (χ2n) is 9.31. The van der Waals surface area contributed by atoms with Crippen molar-refractivity contribution in [2.45, 2.75) is 76.3 Å². The van der Waals surface area contributed by atoms with Crippen LogP contribution in [0.2, 0.25) is 0 Å². The zero-order valence-corrected chi connectivity index (χ0v) is 20.2. The van der Waals surface area contributed by atoms with E-state index in [2.05, 4.69) is 16.0 Å². The van der Waals surface area contributed by atoms with Crippen molar-refractivity contribution in [3.8, 4) is 11.5 Å². The third kappa shape index (κ3) is 8.61. The molecule has 2 aliphatic rings. The highest BCUT2D eigenvalue weighted by atomic mass is 16.7. The highest BCUT2D eigenvalue weighted by Gasteiger charge is 2.27. The van der Waals surface area contributed by atoms with Gasteiger partial charge in [-0.15, -0.1) is 0 Å². The fraction of sp³-hybridized carbons (Fsp3) is 0.640. The van der Waals surface area contributed by atoms with Crippen LogP contribution >= 0.6 is 0 Å². The molecule has 10 nitrogen and oxygen atoms in total. The Morgan fingerprint density at radius 1 is 1.03 bits per heavy atom. The number of unbranched alkanes of at least 4 members (excludes halogenated alkanes) is 1. The van der Waals surface area contributed by atoms with E-state index < -0.39 is 24.1 Å². The maximum absolute atomic E-state index is 13.0. The molecule has 194 valence electrons. The molecule has 1 heterocycles. The average Bonchev–Trinajstić information content (AvgIpc) is 3.31. The molecule has 0 unspecified atom stereocenters. The summed E-state index contributed by atoms with van der Waals surface area (Å²) in [6.07, 6.45) is 8.20. The van der Waals surface area contributed by atoms with Gasteiger partial charge in [-0.2, -0.15) is 0 Å². The first kappa shape index (κ1) is 26.6. The molecule has 1 saturated carbocycles. The smallest absolute Gasteiger partial charge is 0.326 e. The van der Waals surface area contributed by atoms with E-state index in [1.165, 1.54) is 6.42 Å². The van der Waals surface area contributed by atoms with Crippen LogP contribution in [0.3, 0.4) is 0 Å². The number of benzene rings is 1. The first-order valence-electron chi connectivity index (χ1n) is 12.6. The Balaban J connectivity index is 1.54. The summed E-state index contributed by atoms with van der Waals surface area (Å²) >= 11 is 0. The lowest BCUT2D eigenvalue weighted by Gasteiger charge is -2.27. The molecule has 1 aliphatic heterocycles. The van der Waals surface area contributed by atoms with Crippen molar-refractivity contribution in [3.63, 3.8) is 0 Å². The molecule has 1 aromatic carbocycles. The van der Waals surface area contributed by atoms with Gasteiger partial charge < -0.3 is 36.3 Å². The Hall–Kier alpha value is -3.01. The summed E-state index contributed by atoms with van der Waals surface area (Å²) in [5, 5.41) is 17.6. The quantitative estimate of drug-likeness (QED) is 0.266. The summed E-state index contributed by atoms with van der Waals surface area (Å²) in [6.45, 7) is 1.08. The summed E-state index contributed by atoms with van der Waals surface area (Å²) in [6, 6.07) is 3.29. The number of hydrogen-bond acceptors (Lipinski definition) is 6. The number of nitrogens with two attached hydrogens (primary N) is 1. The zero-order valence-electron chi connectivity index (χ0n) is 20.2. The fourth-order valence-corrected chi connectivity index (χ4v) is 4.65. The second kappa shape index (κ2) is 13.8. The Morgan fingerprint density at radius 3 is 2.51 bits per heavy atom. The lowest BCUT2D eigenvalue weighted by molar-refractivity contribution is -0.139. The van der Waals surface area contributed by atoms with E-state index in [9.17, 15) is 19.5 Å². The predicted octanol–water partition coefficient (Wildman–Crippen LogP) is 2.29. The Bertz CT molecular complexity index is 858. The molecule has 1 aromatic rings. The molecule has 0 spiro atoms. The Labute approximate surface area is 206 Å². The van der Waals surface area contributed by atoms with Crippen LogP contribution in [0.15, 0.2) is 18.2 Å². The average molecular weight is 491 g/mol. The van der Waals surface area contributed by atoms with Gasteiger partial charge in [-0.05, 0) is 62.3 Å². The molecule has 3 rings (SSSR count). The number of rotatable bonds is 13. The van der Waals surface area contributed by atoms with E-state index in [-0.39, 0.29) is 19.1 Å². The van der Waals surface area contributed by atoms with Gasteiger partial charge in [0.25, 0.3) is 0 Å². The van der Waals surface area contributed by atoms with Crippen LogP contribution in [0.5, 0.6) is 11.5 Å². The van der Waals surface area contributed by atoms with Gasteiger partial charge in [0.2, 0.25) is 12.7 Å². The molecule has 6 N–H and O–H groups in total. The monoisotopic (exact) mass is 490 g/mol. The minimum atomic E-state index is -1.10. The molecule has 2 atom stereocenters. The molecule has 0 radical (unpaired) electrons. The number of carboxylic acid groups (broad SMARTS) is 1. The van der Waals surface area contributed by atoms with Crippen molar-refractivity contribution in [1.29, 1.82) is 0 Å². The van der Waals surface area contributed by atoms with Crippen molar-refractivity contribution in [2.75, 3.05) is 19.9 Å². The van der Waals surface area contributed by atoms with Crippen LogP contribution in [-0.2, 0) is 16.0 Å². The van der Waals surface area contributed by atoms with Crippen LogP contribution in [0, 0.1) is 5.92 Å². The van der Waals surface area contributed by atoms with E-state index in [1.54, 1.807) is 0 Å². The molecular formula is C25H38N4O6. The third-order valence-corrected chi connectivity index (χ3v) is 6.62. The summed E-state index contributed by atoms with van der Waals surface area (Å²) in [5.41, 5.74) is 6.48. The topological polar surface area (TPSA) is 152 Å². The van der Waals surface area contributed by atoms with Crippen LogP contribution in [0.1, 0.15) is 63.4 Å². The number of nitrogens with one attached hydrogen (secondary N) is 3. The van der Waals surface area contributed by atoms with E-state index in [0.717, 1.165) is 31.2 Å². The van der Waals surface area contributed by atoms with Crippen LogP contribution in [-0.4, -0.2) is 55.0 Å². The van der Waals surface area contributed by atoms with Gasteiger partial charge >= 0.3 is 12.0 Å². The standard InChI is InChI=1S/C25H38N4O6/c26-12-5-4-8-19(24(31)32)28-25(33)29-20(14-17-6-2-1-3-7-17)23(30)27-13-11-18-9-10-21-22(15-18)35-16-34-21/h9-10,15,17,19-20H,1-8,11-14,16,26H2,(H,27,30)(H,31,32)(H2,28,29,33)/t19-,20+/m0/s1. The summed E-state index contributed by atoms with van der Waals surface area (Å²) in [7, 11) is 0. The van der Waals surface area contributed by atoms with E-state index in [0.29, 0.717) is 56.2 Å². The number of carbonyl (C=O) groups is 3. The minimum Gasteiger partial charge on any atom is -0.480 e.